The molecule has 1 aliphatic rings. The first-order chi connectivity index (χ1) is 10.2. The zero-order valence-corrected chi connectivity index (χ0v) is 11.4. The Balaban J connectivity index is 1.95. The normalized spacial score (nSPS) is 14.0. The molecule has 102 valence electrons. The van der Waals surface area contributed by atoms with E-state index in [1.807, 2.05) is 37.4 Å². The van der Waals surface area contributed by atoms with E-state index in [9.17, 15) is 9.59 Å². The molecule has 21 heavy (non-hydrogen) atoms. The number of para-hydroxylation sites is 1. The maximum atomic E-state index is 12.5. The third-order valence-corrected chi connectivity index (χ3v) is 3.88. The number of fused-ring (bicyclic) bond motifs is 2. The van der Waals surface area contributed by atoms with Crippen molar-refractivity contribution in [2.75, 3.05) is 5.01 Å². The molecule has 1 aliphatic heterocycles. The Morgan fingerprint density at radius 2 is 1.38 bits per heavy atom. The molecule has 0 fully saturated rings. The third kappa shape index (κ3) is 1.50. The lowest BCUT2D eigenvalue weighted by molar-refractivity contribution is 0.0888. The van der Waals surface area contributed by atoms with Crippen molar-refractivity contribution < 1.29 is 9.59 Å². The smallest absolute Gasteiger partial charge is 0.267 e. The fourth-order valence-electron chi connectivity index (χ4n) is 2.87. The van der Waals surface area contributed by atoms with E-state index < -0.39 is 0 Å². The van der Waals surface area contributed by atoms with Crippen LogP contribution in [0.3, 0.4) is 0 Å². The molecule has 0 radical (unpaired) electrons. The maximum Gasteiger partial charge on any atom is 0.281 e. The lowest BCUT2D eigenvalue weighted by Gasteiger charge is -2.16. The summed E-state index contributed by atoms with van der Waals surface area (Å²) in [6.45, 7) is 1.97. The molecule has 0 aliphatic carbocycles. The molecule has 4 rings (SSSR count). The van der Waals surface area contributed by atoms with Crippen LogP contribution in [0.25, 0.3) is 10.9 Å². The predicted molar refractivity (Wildman–Crippen MR) is 80.0 cm³/mol. The van der Waals surface area contributed by atoms with Gasteiger partial charge in [0.1, 0.15) is 0 Å². The molecule has 0 atom stereocenters. The van der Waals surface area contributed by atoms with Gasteiger partial charge in [-0.1, -0.05) is 30.3 Å². The van der Waals surface area contributed by atoms with Crippen LogP contribution in [0, 0.1) is 6.92 Å². The molecule has 0 saturated carbocycles. The van der Waals surface area contributed by atoms with Gasteiger partial charge in [-0.2, -0.15) is 5.01 Å². The van der Waals surface area contributed by atoms with Gasteiger partial charge < -0.3 is 0 Å². The molecule has 0 unspecified atom stereocenters. The van der Waals surface area contributed by atoms with Crippen LogP contribution in [-0.4, -0.2) is 16.5 Å². The van der Waals surface area contributed by atoms with Gasteiger partial charge in [0.2, 0.25) is 0 Å². The van der Waals surface area contributed by atoms with E-state index in [0.717, 1.165) is 16.5 Å². The third-order valence-electron chi connectivity index (χ3n) is 3.88. The second-order valence-electron chi connectivity index (χ2n) is 5.14. The van der Waals surface area contributed by atoms with Crippen LogP contribution in [-0.2, 0) is 0 Å². The summed E-state index contributed by atoms with van der Waals surface area (Å²) in [6.07, 6.45) is 1.83. The largest absolute Gasteiger partial charge is 0.281 e. The summed E-state index contributed by atoms with van der Waals surface area (Å²) in [4.78, 5) is 25.1. The van der Waals surface area contributed by atoms with Crippen molar-refractivity contribution in [2.24, 2.45) is 0 Å². The van der Waals surface area contributed by atoms with Crippen molar-refractivity contribution in [2.45, 2.75) is 6.92 Å². The SMILES string of the molecule is Cc1cn(N2C(=O)c3ccccc3C2=O)c2ccccc12. The minimum Gasteiger partial charge on any atom is -0.267 e. The number of imide groups is 1. The Bertz CT molecular complexity index is 873. The van der Waals surface area contributed by atoms with Gasteiger partial charge in [0.15, 0.2) is 0 Å². The lowest BCUT2D eigenvalue weighted by atomic mass is 10.1. The Morgan fingerprint density at radius 1 is 0.810 bits per heavy atom. The van der Waals surface area contributed by atoms with Crippen molar-refractivity contribution in [3.05, 3.63) is 71.4 Å². The number of aryl methyl sites for hydroxylation is 1. The van der Waals surface area contributed by atoms with Gasteiger partial charge in [0, 0.05) is 11.6 Å². The van der Waals surface area contributed by atoms with E-state index in [-0.39, 0.29) is 11.8 Å². The minimum absolute atomic E-state index is 0.281. The van der Waals surface area contributed by atoms with Crippen LogP contribution in [0.4, 0.5) is 0 Å². The van der Waals surface area contributed by atoms with Crippen molar-refractivity contribution in [1.29, 1.82) is 0 Å². The number of carbonyl (C=O) groups is 2. The number of benzene rings is 2. The molecule has 4 nitrogen and oxygen atoms in total. The highest BCUT2D eigenvalue weighted by Crippen LogP contribution is 2.26. The summed E-state index contributed by atoms with van der Waals surface area (Å²) >= 11 is 0. The van der Waals surface area contributed by atoms with Crippen molar-refractivity contribution in [1.82, 2.24) is 4.68 Å². The van der Waals surface area contributed by atoms with Gasteiger partial charge in [-0.15, -0.1) is 0 Å². The fourth-order valence-corrected chi connectivity index (χ4v) is 2.87. The topological polar surface area (TPSA) is 42.3 Å². The summed E-state index contributed by atoms with van der Waals surface area (Å²) in [6, 6.07) is 14.7. The average Bonchev–Trinajstić information content (AvgIpc) is 2.96. The molecule has 0 spiro atoms. The van der Waals surface area contributed by atoms with Crippen LogP contribution in [0.15, 0.2) is 54.7 Å². The Labute approximate surface area is 121 Å². The second kappa shape index (κ2) is 4.06. The van der Waals surface area contributed by atoms with Gasteiger partial charge >= 0.3 is 0 Å². The monoisotopic (exact) mass is 276 g/mol. The number of rotatable bonds is 1. The molecule has 3 aromatic rings. The van der Waals surface area contributed by atoms with Crippen molar-refractivity contribution >= 4 is 22.7 Å². The minimum atomic E-state index is -0.281. The Hall–Kier alpha value is -2.88. The molecule has 0 bridgehead atoms. The zero-order valence-electron chi connectivity index (χ0n) is 11.4. The van der Waals surface area contributed by atoms with E-state index in [1.54, 1.807) is 28.9 Å². The van der Waals surface area contributed by atoms with E-state index in [2.05, 4.69) is 0 Å². The molecule has 0 N–H and O–H groups in total. The van der Waals surface area contributed by atoms with Gasteiger partial charge in [-0.05, 0) is 30.7 Å². The van der Waals surface area contributed by atoms with Crippen molar-refractivity contribution in [3.63, 3.8) is 0 Å². The second-order valence-corrected chi connectivity index (χ2v) is 5.14. The van der Waals surface area contributed by atoms with Crippen LogP contribution >= 0.6 is 0 Å². The quantitative estimate of drug-likeness (QED) is 0.641. The lowest BCUT2D eigenvalue weighted by Crippen LogP contribution is -2.39. The predicted octanol–water partition coefficient (Wildman–Crippen LogP) is 2.88. The zero-order chi connectivity index (χ0) is 14.6. The van der Waals surface area contributed by atoms with Crippen LogP contribution < -0.4 is 5.01 Å². The van der Waals surface area contributed by atoms with Crippen LogP contribution in [0.5, 0.6) is 0 Å². The summed E-state index contributed by atoms with van der Waals surface area (Å²) < 4.78 is 1.65. The summed E-state index contributed by atoms with van der Waals surface area (Å²) in [5.41, 5.74) is 2.79. The Morgan fingerprint density at radius 3 is 2.05 bits per heavy atom. The number of nitrogens with zero attached hydrogens (tertiary/aromatic N) is 2. The molecule has 2 heterocycles. The molecule has 4 heteroatoms. The number of amides is 2. The number of aromatic nitrogens is 1. The van der Waals surface area contributed by atoms with Crippen molar-refractivity contribution in [3.8, 4) is 0 Å². The standard InChI is InChI=1S/C17H12N2O2/c1-11-10-18(15-9-5-4-6-12(11)15)19-16(20)13-7-2-3-8-14(13)17(19)21/h2-10H,1H3. The molecular weight excluding hydrogens is 264 g/mol. The van der Waals surface area contributed by atoms with Crippen LogP contribution in [0.1, 0.15) is 26.3 Å². The van der Waals surface area contributed by atoms with Gasteiger partial charge in [-0.25, -0.2) is 4.68 Å². The number of hydrogen-bond acceptors (Lipinski definition) is 2. The van der Waals surface area contributed by atoms with Gasteiger partial charge in [0.25, 0.3) is 11.8 Å². The summed E-state index contributed by atoms with van der Waals surface area (Å²) in [7, 11) is 0. The van der Waals surface area contributed by atoms with E-state index in [0.29, 0.717) is 11.1 Å². The van der Waals surface area contributed by atoms with E-state index >= 15 is 0 Å². The van der Waals surface area contributed by atoms with Gasteiger partial charge in [0.05, 0.1) is 16.6 Å². The highest BCUT2D eigenvalue weighted by molar-refractivity contribution is 6.31. The molecule has 2 aromatic carbocycles. The van der Waals surface area contributed by atoms with E-state index in [1.165, 1.54) is 5.01 Å². The number of hydrogen-bond donors (Lipinski definition) is 0. The van der Waals surface area contributed by atoms with Crippen LogP contribution in [0.2, 0.25) is 0 Å². The molecule has 0 saturated heterocycles. The first kappa shape index (κ1) is 11.9. The maximum absolute atomic E-state index is 12.5. The molecular formula is C17H12N2O2. The van der Waals surface area contributed by atoms with E-state index in [4.69, 9.17) is 0 Å². The first-order valence-corrected chi connectivity index (χ1v) is 6.73. The fraction of sp³-hybridized carbons (Fsp3) is 0.0588. The van der Waals surface area contributed by atoms with Gasteiger partial charge in [-0.3, -0.25) is 9.59 Å². The Kier molecular flexibility index (Phi) is 2.30. The summed E-state index contributed by atoms with van der Waals surface area (Å²) in [5.74, 6) is -0.562. The highest BCUT2D eigenvalue weighted by Gasteiger charge is 2.37. The summed E-state index contributed by atoms with van der Waals surface area (Å²) in [5, 5.41) is 2.24. The number of carbonyl (C=O) groups excluding carboxylic acids is 2. The molecule has 2 amide bonds. The molecule has 1 aromatic heterocycles. The average molecular weight is 276 g/mol. The first-order valence-electron chi connectivity index (χ1n) is 6.73. The highest BCUT2D eigenvalue weighted by atomic mass is 16.2.